The molecule has 0 unspecified atom stereocenters. The maximum atomic E-state index is 5.30. The Kier molecular flexibility index (Phi) is 4.17. The Morgan fingerprint density at radius 3 is 2.33 bits per heavy atom. The summed E-state index contributed by atoms with van der Waals surface area (Å²) in [5.41, 5.74) is 2.36. The molecule has 0 N–H and O–H groups in total. The molecule has 1 nitrogen and oxygen atoms in total. The van der Waals surface area contributed by atoms with Crippen molar-refractivity contribution in [1.82, 2.24) is 0 Å². The summed E-state index contributed by atoms with van der Waals surface area (Å²) in [6.45, 7) is 10.1. The molecule has 0 amide bonds. The molecule has 1 aromatic rings. The van der Waals surface area contributed by atoms with Gasteiger partial charge >= 0.3 is 0 Å². The minimum absolute atomic E-state index is 0.559. The number of allylic oxidation sites excluding steroid dienone is 1. The van der Waals surface area contributed by atoms with E-state index in [9.17, 15) is 0 Å². The van der Waals surface area contributed by atoms with Crippen molar-refractivity contribution in [2.24, 2.45) is 0 Å². The third-order valence-electron chi connectivity index (χ3n) is 2.25. The summed E-state index contributed by atoms with van der Waals surface area (Å²) in [7, 11) is 0. The average molecular weight is 202 g/mol. The van der Waals surface area contributed by atoms with Gasteiger partial charge in [-0.25, -0.2) is 0 Å². The van der Waals surface area contributed by atoms with Gasteiger partial charge in [0, 0.05) is 5.56 Å². The zero-order valence-corrected chi connectivity index (χ0v) is 9.66. The van der Waals surface area contributed by atoms with E-state index in [1.54, 1.807) is 6.26 Å². The van der Waals surface area contributed by atoms with Gasteiger partial charge < -0.3 is 4.74 Å². The quantitative estimate of drug-likeness (QED) is 0.660. The lowest BCUT2D eigenvalue weighted by Crippen LogP contribution is -1.89. The fourth-order valence-corrected chi connectivity index (χ4v) is 1.27. The maximum Gasteiger partial charge on any atom is 0.126 e. The molecule has 0 radical (unpaired) electrons. The predicted octanol–water partition coefficient (Wildman–Crippen LogP) is 4.33. The van der Waals surface area contributed by atoms with E-state index in [0.717, 1.165) is 5.56 Å². The number of hydrogen-bond donors (Lipinski definition) is 0. The number of hydrogen-bond acceptors (Lipinski definition) is 1. The van der Waals surface area contributed by atoms with Gasteiger partial charge in [-0.2, -0.15) is 0 Å². The molecule has 1 rings (SSSR count). The van der Waals surface area contributed by atoms with Crippen molar-refractivity contribution >= 4 is 5.76 Å². The lowest BCUT2D eigenvalue weighted by Gasteiger charge is -2.08. The molecule has 0 bridgehead atoms. The van der Waals surface area contributed by atoms with Gasteiger partial charge in [0.2, 0.25) is 0 Å². The maximum absolute atomic E-state index is 5.30. The molecule has 80 valence electrons. The van der Waals surface area contributed by atoms with Crippen molar-refractivity contribution in [3.05, 3.63) is 54.3 Å². The fraction of sp³-hybridized carbons (Fsp3) is 0.286. The van der Waals surface area contributed by atoms with Crippen LogP contribution < -0.4 is 0 Å². The minimum Gasteiger partial charge on any atom is -0.465 e. The minimum atomic E-state index is 0.559. The molecule has 0 saturated carbocycles. The Morgan fingerprint density at radius 1 is 1.27 bits per heavy atom. The summed E-state index contributed by atoms with van der Waals surface area (Å²) in [5, 5.41) is 0. The number of ether oxygens (including phenoxy) is 1. The van der Waals surface area contributed by atoms with Gasteiger partial charge in [0.25, 0.3) is 0 Å². The summed E-state index contributed by atoms with van der Waals surface area (Å²) < 4.78 is 5.30. The smallest absolute Gasteiger partial charge is 0.126 e. The highest BCUT2D eigenvalue weighted by atomic mass is 16.5. The van der Waals surface area contributed by atoms with E-state index in [1.807, 2.05) is 25.1 Å². The first kappa shape index (κ1) is 11.6. The van der Waals surface area contributed by atoms with Crippen molar-refractivity contribution in [1.29, 1.82) is 0 Å². The lowest BCUT2D eigenvalue weighted by molar-refractivity contribution is 0.437. The van der Waals surface area contributed by atoms with Gasteiger partial charge in [-0.3, -0.25) is 0 Å². The first-order chi connectivity index (χ1) is 7.15. The zero-order chi connectivity index (χ0) is 11.3. The third kappa shape index (κ3) is 3.28. The first-order valence-electron chi connectivity index (χ1n) is 5.22. The molecule has 0 aliphatic rings. The third-order valence-corrected chi connectivity index (χ3v) is 2.25. The second-order valence-electron chi connectivity index (χ2n) is 3.79. The van der Waals surface area contributed by atoms with Gasteiger partial charge in [0.15, 0.2) is 0 Å². The molecule has 0 aliphatic heterocycles. The highest BCUT2D eigenvalue weighted by Crippen LogP contribution is 2.19. The molecule has 0 spiro atoms. The molecule has 0 fully saturated rings. The van der Waals surface area contributed by atoms with E-state index < -0.39 is 0 Å². The largest absolute Gasteiger partial charge is 0.465 e. The van der Waals surface area contributed by atoms with Crippen LogP contribution in [0.1, 0.15) is 37.8 Å². The Morgan fingerprint density at radius 2 is 1.87 bits per heavy atom. The predicted molar refractivity (Wildman–Crippen MR) is 65.5 cm³/mol. The molecule has 0 heterocycles. The van der Waals surface area contributed by atoms with Crippen molar-refractivity contribution in [2.75, 3.05) is 0 Å². The Hall–Kier alpha value is -1.50. The van der Waals surface area contributed by atoms with E-state index in [2.05, 4.69) is 32.6 Å². The van der Waals surface area contributed by atoms with Crippen molar-refractivity contribution in [3.63, 3.8) is 0 Å². The van der Waals surface area contributed by atoms with Crippen LogP contribution in [-0.2, 0) is 4.74 Å². The molecule has 0 saturated heterocycles. The number of rotatable bonds is 4. The van der Waals surface area contributed by atoms with Crippen LogP contribution in [0.2, 0.25) is 0 Å². The Bertz CT molecular complexity index is 344. The summed E-state index contributed by atoms with van der Waals surface area (Å²) in [4.78, 5) is 0. The van der Waals surface area contributed by atoms with E-state index in [-0.39, 0.29) is 0 Å². The van der Waals surface area contributed by atoms with Crippen LogP contribution in [-0.4, -0.2) is 0 Å². The highest BCUT2D eigenvalue weighted by Gasteiger charge is 2.01. The second-order valence-corrected chi connectivity index (χ2v) is 3.79. The van der Waals surface area contributed by atoms with Gasteiger partial charge in [0.05, 0.1) is 6.26 Å². The lowest BCUT2D eigenvalue weighted by atomic mass is 10.0. The van der Waals surface area contributed by atoms with Crippen molar-refractivity contribution in [2.45, 2.75) is 26.7 Å². The molecular formula is C14H18O. The van der Waals surface area contributed by atoms with Crippen molar-refractivity contribution in [3.8, 4) is 0 Å². The molecule has 0 aliphatic carbocycles. The summed E-state index contributed by atoms with van der Waals surface area (Å²) in [6.07, 6.45) is 3.48. The average Bonchev–Trinajstić information content (AvgIpc) is 2.26. The van der Waals surface area contributed by atoms with Gasteiger partial charge in [-0.1, -0.05) is 50.8 Å². The normalized spacial score (nSPS) is 10.9. The molecule has 0 aromatic heterocycles. The van der Waals surface area contributed by atoms with Gasteiger partial charge in [-0.05, 0) is 18.4 Å². The SMILES string of the molecule is C=C(O/C=C\C)c1ccc(C(C)C)cc1. The summed E-state index contributed by atoms with van der Waals surface area (Å²) in [6, 6.07) is 8.32. The van der Waals surface area contributed by atoms with E-state index in [1.165, 1.54) is 5.56 Å². The molecular weight excluding hydrogens is 184 g/mol. The molecule has 15 heavy (non-hydrogen) atoms. The van der Waals surface area contributed by atoms with E-state index >= 15 is 0 Å². The molecule has 1 aromatic carbocycles. The first-order valence-corrected chi connectivity index (χ1v) is 5.22. The van der Waals surface area contributed by atoms with Crippen LogP contribution in [0.25, 0.3) is 5.76 Å². The topological polar surface area (TPSA) is 9.23 Å². The monoisotopic (exact) mass is 202 g/mol. The Labute approximate surface area is 92.1 Å². The Balaban J connectivity index is 2.75. The highest BCUT2D eigenvalue weighted by molar-refractivity contribution is 5.58. The van der Waals surface area contributed by atoms with Crippen LogP contribution in [0, 0.1) is 0 Å². The second kappa shape index (κ2) is 5.40. The van der Waals surface area contributed by atoms with E-state index in [4.69, 9.17) is 4.74 Å². The van der Waals surface area contributed by atoms with Crippen molar-refractivity contribution < 1.29 is 4.74 Å². The summed E-state index contributed by atoms with van der Waals surface area (Å²) >= 11 is 0. The van der Waals surface area contributed by atoms with Crippen LogP contribution in [0.3, 0.4) is 0 Å². The van der Waals surface area contributed by atoms with Crippen LogP contribution >= 0.6 is 0 Å². The number of benzene rings is 1. The van der Waals surface area contributed by atoms with E-state index in [0.29, 0.717) is 11.7 Å². The van der Waals surface area contributed by atoms with Gasteiger partial charge in [-0.15, -0.1) is 0 Å². The fourth-order valence-electron chi connectivity index (χ4n) is 1.27. The van der Waals surface area contributed by atoms with Crippen LogP contribution in [0.5, 0.6) is 0 Å². The molecule has 0 atom stereocenters. The summed E-state index contributed by atoms with van der Waals surface area (Å²) in [5.74, 6) is 1.24. The van der Waals surface area contributed by atoms with Crippen LogP contribution in [0.4, 0.5) is 0 Å². The van der Waals surface area contributed by atoms with Crippen LogP contribution in [0.15, 0.2) is 43.2 Å². The standard InChI is InChI=1S/C14H18O/c1-5-10-15-12(4)14-8-6-13(7-9-14)11(2)3/h5-11H,4H2,1-3H3/b10-5-. The van der Waals surface area contributed by atoms with Gasteiger partial charge in [0.1, 0.15) is 5.76 Å². The zero-order valence-electron chi connectivity index (χ0n) is 9.66. The molecule has 1 heteroatoms.